The van der Waals surface area contributed by atoms with E-state index in [1.807, 2.05) is 28.8 Å². The van der Waals surface area contributed by atoms with Crippen molar-refractivity contribution in [1.82, 2.24) is 4.57 Å². The Bertz CT molecular complexity index is 743. The fraction of sp³-hybridized carbons (Fsp3) is 0.0714. The van der Waals surface area contributed by atoms with Crippen LogP contribution < -0.4 is 4.80 Å². The molecule has 0 aliphatic rings. The van der Waals surface area contributed by atoms with Gasteiger partial charge in [0.25, 0.3) is 0 Å². The molecule has 1 aromatic heterocycles. The van der Waals surface area contributed by atoms with Crippen molar-refractivity contribution in [3.63, 3.8) is 0 Å². The number of thiazole rings is 1. The van der Waals surface area contributed by atoms with Crippen molar-refractivity contribution in [2.75, 3.05) is 0 Å². The fourth-order valence-electron chi connectivity index (χ4n) is 1.98. The van der Waals surface area contributed by atoms with Crippen LogP contribution in [0, 0.1) is 5.41 Å². The van der Waals surface area contributed by atoms with Crippen molar-refractivity contribution < 1.29 is 0 Å². The van der Waals surface area contributed by atoms with E-state index >= 15 is 0 Å². The first kappa shape index (κ1) is 11.7. The lowest BCUT2D eigenvalue weighted by Gasteiger charge is -2.04. The highest BCUT2D eigenvalue weighted by Gasteiger charge is 2.06. The van der Waals surface area contributed by atoms with Crippen molar-refractivity contribution in [3.05, 3.63) is 63.4 Å². The summed E-state index contributed by atoms with van der Waals surface area (Å²) in [5.74, 6) is 0. The number of halogens is 1. The smallest absolute Gasteiger partial charge is 0.183 e. The molecule has 0 aliphatic carbocycles. The number of nitrogens with zero attached hydrogens (tertiary/aromatic N) is 1. The van der Waals surface area contributed by atoms with Crippen LogP contribution in [0.5, 0.6) is 0 Å². The number of hydrogen-bond donors (Lipinski definition) is 1. The van der Waals surface area contributed by atoms with Crippen LogP contribution in [0.25, 0.3) is 10.2 Å². The van der Waals surface area contributed by atoms with Crippen LogP contribution in [0.4, 0.5) is 0 Å². The van der Waals surface area contributed by atoms with Crippen molar-refractivity contribution >= 4 is 37.5 Å². The lowest BCUT2D eigenvalue weighted by atomic mass is 10.2. The number of hydrogen-bond acceptors (Lipinski definition) is 2. The van der Waals surface area contributed by atoms with Crippen LogP contribution in [0.2, 0.25) is 0 Å². The molecule has 0 unspecified atom stereocenters. The monoisotopic (exact) mass is 318 g/mol. The van der Waals surface area contributed by atoms with Crippen LogP contribution in [-0.4, -0.2) is 4.57 Å². The molecule has 2 aromatic carbocycles. The molecule has 0 bridgehead atoms. The van der Waals surface area contributed by atoms with Gasteiger partial charge in [0, 0.05) is 4.47 Å². The lowest BCUT2D eigenvalue weighted by molar-refractivity contribution is 0.789. The van der Waals surface area contributed by atoms with Crippen LogP contribution in [0.15, 0.2) is 53.0 Å². The number of benzene rings is 2. The molecule has 3 aromatic rings. The van der Waals surface area contributed by atoms with Crippen LogP contribution >= 0.6 is 27.3 Å². The molecule has 0 saturated carbocycles. The Morgan fingerprint density at radius 3 is 2.67 bits per heavy atom. The maximum Gasteiger partial charge on any atom is 0.183 e. The maximum atomic E-state index is 8.09. The Morgan fingerprint density at radius 1 is 1.11 bits per heavy atom. The van der Waals surface area contributed by atoms with E-state index in [9.17, 15) is 0 Å². The molecule has 1 heterocycles. The summed E-state index contributed by atoms with van der Waals surface area (Å²) in [7, 11) is 0. The zero-order valence-corrected chi connectivity index (χ0v) is 12.0. The Balaban J connectivity index is 2.12. The minimum absolute atomic E-state index is 0.590. The van der Waals surface area contributed by atoms with E-state index < -0.39 is 0 Å². The van der Waals surface area contributed by atoms with Gasteiger partial charge in [-0.25, -0.2) is 0 Å². The fourth-order valence-corrected chi connectivity index (χ4v) is 3.45. The molecule has 0 fully saturated rings. The summed E-state index contributed by atoms with van der Waals surface area (Å²) < 4.78 is 4.25. The largest absolute Gasteiger partial charge is 0.312 e. The summed E-state index contributed by atoms with van der Waals surface area (Å²) >= 11 is 4.98. The average molecular weight is 319 g/mol. The second-order valence-corrected chi connectivity index (χ2v) is 6.04. The molecule has 0 aliphatic heterocycles. The first-order valence-electron chi connectivity index (χ1n) is 5.61. The molecule has 90 valence electrons. The Hall–Kier alpha value is -1.39. The minimum atomic E-state index is 0.590. The van der Waals surface area contributed by atoms with Crippen LogP contribution in [-0.2, 0) is 6.54 Å². The summed E-state index contributed by atoms with van der Waals surface area (Å²) in [6, 6.07) is 16.4. The molecule has 4 heteroatoms. The first-order valence-corrected chi connectivity index (χ1v) is 7.22. The highest BCUT2D eigenvalue weighted by Crippen LogP contribution is 2.22. The second kappa shape index (κ2) is 4.71. The highest BCUT2D eigenvalue weighted by molar-refractivity contribution is 9.10. The van der Waals surface area contributed by atoms with Gasteiger partial charge in [0.1, 0.15) is 0 Å². The van der Waals surface area contributed by atoms with Gasteiger partial charge in [-0.3, -0.25) is 5.41 Å². The van der Waals surface area contributed by atoms with E-state index in [1.165, 1.54) is 16.9 Å². The van der Waals surface area contributed by atoms with Crippen molar-refractivity contribution in [1.29, 1.82) is 5.41 Å². The van der Waals surface area contributed by atoms with Crippen LogP contribution in [0.1, 0.15) is 5.56 Å². The molecule has 1 N–H and O–H groups in total. The summed E-state index contributed by atoms with van der Waals surface area (Å²) in [5, 5.41) is 8.09. The molecule has 18 heavy (non-hydrogen) atoms. The maximum absolute atomic E-state index is 8.09. The summed E-state index contributed by atoms with van der Waals surface area (Å²) in [6.45, 7) is 0.751. The molecule has 0 spiro atoms. The molecule has 0 atom stereocenters. The molecular formula is C14H11BrN2S. The van der Waals surface area contributed by atoms with Crippen LogP contribution in [0.3, 0.4) is 0 Å². The molecule has 0 saturated heterocycles. The Morgan fingerprint density at radius 2 is 1.89 bits per heavy atom. The van der Waals surface area contributed by atoms with Crippen molar-refractivity contribution in [2.45, 2.75) is 6.54 Å². The number of nitrogens with one attached hydrogen (secondary N) is 1. The van der Waals surface area contributed by atoms with E-state index in [0.29, 0.717) is 4.80 Å². The number of fused-ring (bicyclic) bond motifs is 1. The summed E-state index contributed by atoms with van der Waals surface area (Å²) in [6.07, 6.45) is 0. The molecule has 2 nitrogen and oxygen atoms in total. The second-order valence-electron chi connectivity index (χ2n) is 4.09. The standard InChI is InChI=1S/C14H11BrN2S/c15-11-6-7-12-13(8-11)18-14(16)17(12)9-10-4-2-1-3-5-10/h1-8,16H,9H2. The van der Waals surface area contributed by atoms with Gasteiger partial charge in [-0.1, -0.05) is 57.6 Å². The molecule has 0 amide bonds. The van der Waals surface area contributed by atoms with E-state index in [1.54, 1.807) is 0 Å². The SMILES string of the molecule is N=c1sc2cc(Br)ccc2n1Cc1ccccc1. The zero-order valence-electron chi connectivity index (χ0n) is 9.56. The van der Waals surface area contributed by atoms with E-state index in [-0.39, 0.29) is 0 Å². The third-order valence-corrected chi connectivity index (χ3v) is 4.30. The zero-order chi connectivity index (χ0) is 12.5. The van der Waals surface area contributed by atoms with Crippen molar-refractivity contribution in [3.8, 4) is 0 Å². The van der Waals surface area contributed by atoms with Gasteiger partial charge in [0.15, 0.2) is 4.80 Å². The minimum Gasteiger partial charge on any atom is -0.312 e. The summed E-state index contributed by atoms with van der Waals surface area (Å²) in [4.78, 5) is 0.590. The normalized spacial score (nSPS) is 10.9. The van der Waals surface area contributed by atoms with Gasteiger partial charge >= 0.3 is 0 Å². The third-order valence-electron chi connectivity index (χ3n) is 2.85. The van der Waals surface area contributed by atoms with E-state index in [0.717, 1.165) is 21.2 Å². The molecule has 3 rings (SSSR count). The topological polar surface area (TPSA) is 28.8 Å². The van der Waals surface area contributed by atoms with Gasteiger partial charge in [-0.2, -0.15) is 0 Å². The molecule has 0 radical (unpaired) electrons. The predicted octanol–water partition coefficient (Wildman–Crippen LogP) is 3.99. The lowest BCUT2D eigenvalue weighted by Crippen LogP contribution is -2.13. The van der Waals surface area contributed by atoms with Gasteiger partial charge in [0.05, 0.1) is 16.8 Å². The van der Waals surface area contributed by atoms with Gasteiger partial charge in [0.2, 0.25) is 0 Å². The Labute approximate surface area is 117 Å². The van der Waals surface area contributed by atoms with Gasteiger partial charge in [-0.15, -0.1) is 0 Å². The van der Waals surface area contributed by atoms with E-state index in [4.69, 9.17) is 5.41 Å². The third kappa shape index (κ3) is 2.13. The van der Waals surface area contributed by atoms with Crippen molar-refractivity contribution in [2.24, 2.45) is 0 Å². The summed E-state index contributed by atoms with van der Waals surface area (Å²) in [5.41, 5.74) is 2.34. The first-order chi connectivity index (χ1) is 8.74. The average Bonchev–Trinajstić information content (AvgIpc) is 2.66. The quantitative estimate of drug-likeness (QED) is 0.740. The van der Waals surface area contributed by atoms with Gasteiger partial charge < -0.3 is 4.57 Å². The molecular weight excluding hydrogens is 308 g/mol. The highest BCUT2D eigenvalue weighted by atomic mass is 79.9. The number of aromatic nitrogens is 1. The Kier molecular flexibility index (Phi) is 3.06. The van der Waals surface area contributed by atoms with Gasteiger partial charge in [-0.05, 0) is 23.8 Å². The van der Waals surface area contributed by atoms with E-state index in [2.05, 4.69) is 40.2 Å². The number of rotatable bonds is 2. The predicted molar refractivity (Wildman–Crippen MR) is 78.9 cm³/mol.